The van der Waals surface area contributed by atoms with Crippen LogP contribution < -0.4 is 14.2 Å². The number of aliphatic hydroxyl groups is 13. The quantitative estimate of drug-likeness (QED) is 0.0321. The molecule has 0 unspecified atom stereocenters. The first-order valence-electron chi connectivity index (χ1n) is 22.7. The maximum atomic E-state index is 13.0. The van der Waals surface area contributed by atoms with Crippen LogP contribution in [0, 0.1) is 0 Å². The number of rotatable bonds is 14. The van der Waals surface area contributed by atoms with E-state index in [1.165, 1.54) is 31.2 Å². The largest absolute Gasteiger partial charge is 0.507 e. The molecular formula is C46H55O28+. The number of carbonyl (C=O) groups excluding carboxylic acids is 1. The van der Waals surface area contributed by atoms with Crippen molar-refractivity contribution in [2.45, 2.75) is 130 Å². The van der Waals surface area contributed by atoms with E-state index in [0.717, 1.165) is 30.3 Å². The fraction of sp³-hybridized carbons (Fsp3) is 0.522. The summed E-state index contributed by atoms with van der Waals surface area (Å²) in [5.74, 6) is -5.38. The highest BCUT2D eigenvalue weighted by atomic mass is 16.7. The lowest BCUT2D eigenvalue weighted by atomic mass is 9.98. The van der Waals surface area contributed by atoms with E-state index in [1.54, 1.807) is 0 Å². The molecule has 28 heteroatoms. The number of ether oxygens (including phenoxy) is 9. The Morgan fingerprint density at radius 1 is 0.527 bits per heavy atom. The molecule has 4 aliphatic rings. The zero-order valence-corrected chi connectivity index (χ0v) is 38.5. The fourth-order valence-electron chi connectivity index (χ4n) is 8.38. The molecule has 0 aliphatic carbocycles. The molecular weight excluding hydrogens is 1000 g/mol. The van der Waals surface area contributed by atoms with Crippen molar-refractivity contribution in [3.63, 3.8) is 0 Å². The summed E-state index contributed by atoms with van der Waals surface area (Å²) in [5, 5.41) is 178. The Labute approximate surface area is 416 Å². The van der Waals surface area contributed by atoms with Gasteiger partial charge in [-0.25, -0.2) is 9.21 Å². The molecule has 0 bridgehead atoms. The van der Waals surface area contributed by atoms with Crippen molar-refractivity contribution in [3.8, 4) is 51.6 Å². The van der Waals surface area contributed by atoms with Gasteiger partial charge >= 0.3 is 17.3 Å². The molecule has 0 saturated carbocycles. The molecule has 0 amide bonds. The van der Waals surface area contributed by atoms with E-state index < -0.39 is 183 Å². The van der Waals surface area contributed by atoms with Gasteiger partial charge < -0.3 is 129 Å². The summed E-state index contributed by atoms with van der Waals surface area (Å²) in [6.45, 7) is -0.673. The zero-order valence-electron chi connectivity index (χ0n) is 38.5. The summed E-state index contributed by atoms with van der Waals surface area (Å²) in [5.41, 5.74) is -0.553. The number of phenolic OH excluding ortho intramolecular Hbond substituents is 4. The maximum absolute atomic E-state index is 13.0. The summed E-state index contributed by atoms with van der Waals surface area (Å²) in [6, 6.07) is 10.1. The van der Waals surface area contributed by atoms with Gasteiger partial charge in [-0.3, -0.25) is 0 Å². The maximum Gasteiger partial charge on any atom is 0.402 e. The van der Waals surface area contributed by atoms with E-state index in [9.17, 15) is 91.6 Å². The van der Waals surface area contributed by atoms with E-state index in [1.807, 2.05) is 0 Å². The van der Waals surface area contributed by atoms with Crippen LogP contribution in [0.5, 0.6) is 40.2 Å². The fourth-order valence-corrected chi connectivity index (χ4v) is 8.38. The highest BCUT2D eigenvalue weighted by Crippen LogP contribution is 2.45. The second-order valence-electron chi connectivity index (χ2n) is 17.9. The van der Waals surface area contributed by atoms with Gasteiger partial charge in [0.25, 0.3) is 0 Å². The molecule has 8 rings (SSSR count). The molecule has 28 nitrogen and oxygen atoms in total. The molecule has 0 radical (unpaired) electrons. The Kier molecular flexibility index (Phi) is 16.5. The second kappa shape index (κ2) is 22.3. The lowest BCUT2D eigenvalue weighted by Gasteiger charge is -2.42. The van der Waals surface area contributed by atoms with E-state index in [0.29, 0.717) is 0 Å². The SMILES string of the molecule is C[C@@H]1O[C@@H](OC[C@H]2O[C@@H](Oc3cc4c(O)cc(O[C@@H]5O[C@H](COC(=O)c6ccc(O[C@@H]7O[C@H](CO)[C@@H](O)[C@H](O)[C@H]7O)cc6)[C@@H](O)[C@H](O)[C@H]5O)cc4[o+]c3-c3cc(O)c(O)c(O)c3)[C@H](O)[C@@H](O)[C@@H]2O)[C@H](O)[C@H](O)[C@H]1O. The smallest absolute Gasteiger partial charge is 0.402 e. The van der Waals surface area contributed by atoms with Gasteiger partial charge in [-0.1, -0.05) is 0 Å². The molecule has 74 heavy (non-hydrogen) atoms. The summed E-state index contributed by atoms with van der Waals surface area (Å²) < 4.78 is 56.4. The van der Waals surface area contributed by atoms with Gasteiger partial charge in [-0.2, -0.15) is 0 Å². The number of hydrogen-bond acceptors (Lipinski definition) is 27. The van der Waals surface area contributed by atoms with Crippen molar-refractivity contribution in [2.75, 3.05) is 19.8 Å². The molecule has 0 spiro atoms. The standard InChI is InChI=1S/C46H54O28/c1-14-28(51)33(56)37(60)43(67-14)66-13-27-32(55)36(59)40(63)46(74-27)71-24-10-19-20(48)8-18(9-23(19)70-41(24)16-6-21(49)29(52)22(50)7-16)69-45-39(62)35(58)31(54)26(73-45)12-65-42(64)15-2-4-17(5-3-15)68-44-38(61)34(57)30(53)25(11-47)72-44/h2-10,14,25-28,30-40,43-47,51,53-63H,11-13H2,1H3,(H3-,48,49,50,52)/p+1/t14-,25+,26+,27+,28-,30+,31+,32+,33+,34-,35-,36-,37+,38+,39+,40+,43+,44+,45+,46+/m0/s1. The number of carbonyl (C=O) groups is 1. The normalized spacial score (nSPS) is 36.5. The van der Waals surface area contributed by atoms with Crippen molar-refractivity contribution in [1.82, 2.24) is 0 Å². The van der Waals surface area contributed by atoms with Crippen LogP contribution in [0.1, 0.15) is 17.3 Å². The monoisotopic (exact) mass is 1060 g/mol. The predicted octanol–water partition coefficient (Wildman–Crippen LogP) is -4.54. The van der Waals surface area contributed by atoms with Crippen LogP contribution in [0.4, 0.5) is 0 Å². The van der Waals surface area contributed by atoms with Crippen molar-refractivity contribution < 1.29 is 139 Å². The van der Waals surface area contributed by atoms with E-state index in [4.69, 9.17) is 47.0 Å². The Hall–Kier alpha value is -5.58. The third-order valence-corrected chi connectivity index (χ3v) is 12.8. The van der Waals surface area contributed by atoms with Crippen LogP contribution >= 0.6 is 0 Å². The van der Waals surface area contributed by atoms with Crippen LogP contribution in [0.3, 0.4) is 0 Å². The first kappa shape index (κ1) is 54.7. The van der Waals surface area contributed by atoms with Crippen LogP contribution in [0.2, 0.25) is 0 Å². The Bertz CT molecular complexity index is 2560. The Balaban J connectivity index is 0.983. The molecule has 3 aromatic carbocycles. The van der Waals surface area contributed by atoms with E-state index >= 15 is 0 Å². The molecule has 17 N–H and O–H groups in total. The Morgan fingerprint density at radius 2 is 1.03 bits per heavy atom. The van der Waals surface area contributed by atoms with Gasteiger partial charge in [-0.05, 0) is 31.2 Å². The number of esters is 1. The van der Waals surface area contributed by atoms with Crippen LogP contribution in [-0.2, 0) is 28.4 Å². The van der Waals surface area contributed by atoms with Crippen molar-refractivity contribution in [3.05, 3.63) is 60.2 Å². The zero-order chi connectivity index (χ0) is 53.6. The summed E-state index contributed by atoms with van der Waals surface area (Å²) in [4.78, 5) is 13.0. The van der Waals surface area contributed by atoms with Gasteiger partial charge in [0.05, 0.1) is 36.5 Å². The van der Waals surface area contributed by atoms with Crippen LogP contribution in [0.25, 0.3) is 22.3 Å². The van der Waals surface area contributed by atoms with Gasteiger partial charge in [0, 0.05) is 24.3 Å². The predicted molar refractivity (Wildman–Crippen MR) is 237 cm³/mol. The van der Waals surface area contributed by atoms with Crippen LogP contribution in [-0.4, -0.2) is 235 Å². The second-order valence-corrected chi connectivity index (χ2v) is 17.9. The minimum atomic E-state index is -2.02. The number of aliphatic hydroxyl groups excluding tert-OH is 13. The van der Waals surface area contributed by atoms with Crippen LogP contribution in [0.15, 0.2) is 59.0 Å². The van der Waals surface area contributed by atoms with Crippen molar-refractivity contribution >= 4 is 16.9 Å². The van der Waals surface area contributed by atoms with Crippen molar-refractivity contribution in [2.24, 2.45) is 0 Å². The minimum Gasteiger partial charge on any atom is -0.507 e. The third-order valence-electron chi connectivity index (χ3n) is 12.8. The molecule has 20 atom stereocenters. The average Bonchev–Trinajstić information content (AvgIpc) is 3.38. The molecule has 406 valence electrons. The highest BCUT2D eigenvalue weighted by molar-refractivity contribution is 5.90. The lowest BCUT2D eigenvalue weighted by molar-refractivity contribution is -0.318. The number of hydrogen-bond donors (Lipinski definition) is 17. The van der Waals surface area contributed by atoms with E-state index in [2.05, 4.69) is 0 Å². The summed E-state index contributed by atoms with van der Waals surface area (Å²) >= 11 is 0. The summed E-state index contributed by atoms with van der Waals surface area (Å²) in [6.07, 6.45) is -33.6. The minimum absolute atomic E-state index is 0.0356. The number of fused-ring (bicyclic) bond motifs is 1. The molecule has 4 fully saturated rings. The Morgan fingerprint density at radius 3 is 1.61 bits per heavy atom. The molecule has 1 aromatic heterocycles. The van der Waals surface area contributed by atoms with Crippen molar-refractivity contribution in [1.29, 1.82) is 0 Å². The molecule has 4 aliphatic heterocycles. The highest BCUT2D eigenvalue weighted by Gasteiger charge is 2.50. The average molecular weight is 1060 g/mol. The third kappa shape index (κ3) is 11.0. The first-order valence-corrected chi connectivity index (χ1v) is 22.7. The number of benzene rings is 3. The molecule has 4 aromatic rings. The van der Waals surface area contributed by atoms with Gasteiger partial charge in [0.2, 0.25) is 24.6 Å². The molecule has 4 saturated heterocycles. The number of aromatic hydroxyl groups is 4. The van der Waals surface area contributed by atoms with Gasteiger partial charge in [0.15, 0.2) is 23.5 Å². The summed E-state index contributed by atoms with van der Waals surface area (Å²) in [7, 11) is 0. The van der Waals surface area contributed by atoms with Gasteiger partial charge in [0.1, 0.15) is 121 Å². The topological polar surface area (TPSA) is 455 Å². The number of phenols is 4. The lowest BCUT2D eigenvalue weighted by Crippen LogP contribution is -2.61. The molecule has 5 heterocycles. The first-order chi connectivity index (χ1) is 35.1. The van der Waals surface area contributed by atoms with Gasteiger partial charge in [-0.15, -0.1) is 0 Å². The van der Waals surface area contributed by atoms with E-state index in [-0.39, 0.29) is 33.6 Å².